The molecule has 1 saturated carbocycles. The summed E-state index contributed by atoms with van der Waals surface area (Å²) in [6.07, 6.45) is 3.93. The van der Waals surface area contributed by atoms with Gasteiger partial charge >= 0.3 is 0 Å². The van der Waals surface area contributed by atoms with Gasteiger partial charge in [-0.3, -0.25) is 0 Å². The van der Waals surface area contributed by atoms with Crippen molar-refractivity contribution in [1.82, 2.24) is 15.0 Å². The van der Waals surface area contributed by atoms with Gasteiger partial charge in [-0.05, 0) is 67.8 Å². The fourth-order valence-electron chi connectivity index (χ4n) is 3.45. The largest absolute Gasteiger partial charge is 0.508 e. The molecule has 30 heavy (non-hydrogen) atoms. The zero-order chi connectivity index (χ0) is 20.7. The Hall–Kier alpha value is -3.12. The molecular formula is C24H22N4OS. The van der Waals surface area contributed by atoms with Crippen molar-refractivity contribution in [2.24, 2.45) is 0 Å². The Bertz CT molecular complexity index is 1250. The van der Waals surface area contributed by atoms with Crippen LogP contribution in [0, 0.1) is 6.92 Å². The van der Waals surface area contributed by atoms with Gasteiger partial charge in [0.2, 0.25) is 0 Å². The lowest BCUT2D eigenvalue weighted by Crippen LogP contribution is -2.05. The molecule has 2 heterocycles. The van der Waals surface area contributed by atoms with Gasteiger partial charge in [0.15, 0.2) is 5.65 Å². The lowest BCUT2D eigenvalue weighted by molar-refractivity contribution is 0.474. The molecule has 2 aromatic heterocycles. The Labute approximate surface area is 179 Å². The number of benzene rings is 2. The van der Waals surface area contributed by atoms with Crippen LogP contribution in [0.2, 0.25) is 0 Å². The molecule has 150 valence electrons. The van der Waals surface area contributed by atoms with Gasteiger partial charge in [0.05, 0.1) is 11.1 Å². The first-order valence-corrected chi connectivity index (χ1v) is 10.8. The maximum absolute atomic E-state index is 9.79. The minimum atomic E-state index is 0.203. The van der Waals surface area contributed by atoms with Gasteiger partial charge in [-0.1, -0.05) is 30.8 Å². The average Bonchev–Trinajstić information content (AvgIpc) is 3.49. The van der Waals surface area contributed by atoms with E-state index in [1.54, 1.807) is 30.2 Å². The van der Waals surface area contributed by atoms with Crippen molar-refractivity contribution in [2.45, 2.75) is 41.9 Å². The molecule has 1 fully saturated rings. The smallest absolute Gasteiger partial charge is 0.164 e. The van der Waals surface area contributed by atoms with Crippen molar-refractivity contribution in [1.29, 1.82) is 0 Å². The van der Waals surface area contributed by atoms with E-state index in [1.165, 1.54) is 12.8 Å². The molecule has 0 radical (unpaired) electrons. The van der Waals surface area contributed by atoms with E-state index in [-0.39, 0.29) is 11.2 Å². The predicted molar refractivity (Wildman–Crippen MR) is 121 cm³/mol. The number of hydrogen-bond acceptors (Lipinski definition) is 6. The summed E-state index contributed by atoms with van der Waals surface area (Å²) in [4.78, 5) is 15.7. The van der Waals surface area contributed by atoms with Crippen molar-refractivity contribution < 1.29 is 5.11 Å². The van der Waals surface area contributed by atoms with E-state index in [2.05, 4.69) is 59.5 Å². The van der Waals surface area contributed by atoms with Gasteiger partial charge < -0.3 is 10.4 Å². The second-order valence-electron chi connectivity index (χ2n) is 8.07. The van der Waals surface area contributed by atoms with Crippen molar-refractivity contribution in [3.05, 3.63) is 72.2 Å². The maximum Gasteiger partial charge on any atom is 0.164 e. The van der Waals surface area contributed by atoms with Crippen molar-refractivity contribution >= 4 is 34.3 Å². The number of nitrogens with one attached hydrogen (secondary N) is 1. The predicted octanol–water partition coefficient (Wildman–Crippen LogP) is 5.99. The quantitative estimate of drug-likeness (QED) is 0.418. The molecule has 0 atom stereocenters. The third kappa shape index (κ3) is 3.71. The number of nitrogens with zero attached hydrogens (tertiary/aromatic N) is 3. The van der Waals surface area contributed by atoms with Crippen LogP contribution < -0.4 is 5.32 Å². The summed E-state index contributed by atoms with van der Waals surface area (Å²) >= 11 is 1.59. The molecular weight excluding hydrogens is 392 g/mol. The van der Waals surface area contributed by atoms with Crippen LogP contribution in [0.15, 0.2) is 70.7 Å². The van der Waals surface area contributed by atoms with Crippen LogP contribution in [0.4, 0.5) is 11.5 Å². The number of aromatic nitrogens is 3. The van der Waals surface area contributed by atoms with E-state index in [9.17, 15) is 5.11 Å². The van der Waals surface area contributed by atoms with Crippen LogP contribution in [-0.2, 0) is 5.41 Å². The molecule has 6 heteroatoms. The van der Waals surface area contributed by atoms with Gasteiger partial charge in [0, 0.05) is 20.9 Å². The zero-order valence-electron chi connectivity index (χ0n) is 16.9. The van der Waals surface area contributed by atoms with E-state index in [4.69, 9.17) is 4.98 Å². The van der Waals surface area contributed by atoms with Crippen LogP contribution in [0.5, 0.6) is 5.75 Å². The van der Waals surface area contributed by atoms with Gasteiger partial charge in [0.1, 0.15) is 17.9 Å². The van der Waals surface area contributed by atoms with E-state index in [1.807, 2.05) is 12.1 Å². The molecule has 0 bridgehead atoms. The average molecular weight is 415 g/mol. The lowest BCUT2D eigenvalue weighted by Gasteiger charge is -2.14. The van der Waals surface area contributed by atoms with E-state index in [0.717, 1.165) is 37.9 Å². The van der Waals surface area contributed by atoms with Crippen LogP contribution in [-0.4, -0.2) is 20.1 Å². The molecule has 0 saturated heterocycles. The molecule has 0 spiro atoms. The number of rotatable bonds is 5. The number of aryl methyl sites for hydroxylation is 1. The second-order valence-corrected chi connectivity index (χ2v) is 9.19. The van der Waals surface area contributed by atoms with Crippen LogP contribution in [0.25, 0.3) is 11.0 Å². The van der Waals surface area contributed by atoms with Crippen molar-refractivity contribution in [3.8, 4) is 5.75 Å². The maximum atomic E-state index is 9.79. The molecule has 2 aromatic carbocycles. The molecule has 1 aliphatic carbocycles. The number of phenols is 1. The van der Waals surface area contributed by atoms with Gasteiger partial charge in [-0.15, -0.1) is 0 Å². The highest BCUT2D eigenvalue weighted by atomic mass is 32.2. The molecule has 0 aliphatic heterocycles. The molecule has 0 unspecified atom stereocenters. The molecule has 0 amide bonds. The topological polar surface area (TPSA) is 70.9 Å². The van der Waals surface area contributed by atoms with Gasteiger partial charge in [0.25, 0.3) is 0 Å². The van der Waals surface area contributed by atoms with E-state index >= 15 is 0 Å². The van der Waals surface area contributed by atoms with E-state index in [0.29, 0.717) is 5.65 Å². The number of pyridine rings is 1. The summed E-state index contributed by atoms with van der Waals surface area (Å²) in [5.74, 6) is 0.998. The summed E-state index contributed by atoms with van der Waals surface area (Å²) < 4.78 is 0. The Kier molecular flexibility index (Phi) is 4.59. The number of hydrogen-bond donors (Lipinski definition) is 2. The second kappa shape index (κ2) is 7.29. The molecule has 5 rings (SSSR count). The normalized spacial score (nSPS) is 14.6. The lowest BCUT2D eigenvalue weighted by atomic mass is 10.0. The minimum Gasteiger partial charge on any atom is -0.508 e. The zero-order valence-corrected chi connectivity index (χ0v) is 17.7. The third-order valence-electron chi connectivity index (χ3n) is 5.55. The number of anilines is 2. The van der Waals surface area contributed by atoms with Crippen LogP contribution >= 0.6 is 11.8 Å². The summed E-state index contributed by atoms with van der Waals surface area (Å²) in [5.41, 5.74) is 4.14. The molecule has 4 aromatic rings. The Morgan fingerprint density at radius 3 is 2.70 bits per heavy atom. The fourth-order valence-corrected chi connectivity index (χ4v) is 4.39. The molecule has 2 N–H and O–H groups in total. The summed E-state index contributed by atoms with van der Waals surface area (Å²) in [6, 6.07) is 17.7. The van der Waals surface area contributed by atoms with E-state index < -0.39 is 0 Å². The summed E-state index contributed by atoms with van der Waals surface area (Å²) in [7, 11) is 0. The minimum absolute atomic E-state index is 0.203. The number of phenolic OH excluding ortho intramolecular Hbond substituents is 1. The third-order valence-corrected chi connectivity index (χ3v) is 6.61. The first-order chi connectivity index (χ1) is 14.5. The molecule has 5 nitrogen and oxygen atoms in total. The first-order valence-electron chi connectivity index (χ1n) is 9.97. The first kappa shape index (κ1) is 18.9. The van der Waals surface area contributed by atoms with Crippen molar-refractivity contribution in [2.75, 3.05) is 5.32 Å². The highest BCUT2D eigenvalue weighted by Crippen LogP contribution is 2.47. The van der Waals surface area contributed by atoms with Gasteiger partial charge in [-0.25, -0.2) is 15.0 Å². The standard InChI is InChI=1S/C24H22N4OS/c1-15-6-8-20(30-17-5-3-4-16(29)13-17)19(12-15)27-22-18-7-9-21(24(2)10-11-24)28-23(18)26-14-25-22/h3-9,12-14,29H,10-11H2,1-2H3,(H,25,26,27,28). The number of fused-ring (bicyclic) bond motifs is 1. The van der Waals surface area contributed by atoms with Crippen LogP contribution in [0.3, 0.4) is 0 Å². The fraction of sp³-hybridized carbons (Fsp3) is 0.208. The summed E-state index contributed by atoms with van der Waals surface area (Å²) in [6.45, 7) is 4.31. The summed E-state index contributed by atoms with van der Waals surface area (Å²) in [5, 5.41) is 14.2. The SMILES string of the molecule is Cc1ccc(Sc2cccc(O)c2)c(Nc2ncnc3nc(C4(C)CC4)ccc23)c1. The van der Waals surface area contributed by atoms with Gasteiger partial charge in [-0.2, -0.15) is 0 Å². The highest BCUT2D eigenvalue weighted by molar-refractivity contribution is 7.99. The Morgan fingerprint density at radius 1 is 1.03 bits per heavy atom. The Morgan fingerprint density at radius 2 is 1.90 bits per heavy atom. The Balaban J connectivity index is 1.51. The number of aromatic hydroxyl groups is 1. The highest BCUT2D eigenvalue weighted by Gasteiger charge is 2.40. The molecule has 1 aliphatic rings. The van der Waals surface area contributed by atoms with Crippen LogP contribution in [0.1, 0.15) is 31.0 Å². The monoisotopic (exact) mass is 414 g/mol. The van der Waals surface area contributed by atoms with Crippen molar-refractivity contribution in [3.63, 3.8) is 0 Å².